The smallest absolute Gasteiger partial charge is 0.349 e. The normalized spacial score (nSPS) is 13.1. The Labute approximate surface area is 136 Å². The zero-order chi connectivity index (χ0) is 16.7. The number of hydrogen-bond acceptors (Lipinski definition) is 6. The standard InChI is InChI=1S/C17H13N3O4/c1-23-14-4-2-3-10-5-12(17(22)24-15(10)14)16(21)20-7-11-6-18-9-19-13(11)8-20/h2-6,9H,7-8H2,1H3. The van der Waals surface area contributed by atoms with Gasteiger partial charge in [-0.15, -0.1) is 0 Å². The maximum atomic E-state index is 12.7. The van der Waals surface area contributed by atoms with Gasteiger partial charge in [0.2, 0.25) is 0 Å². The van der Waals surface area contributed by atoms with Crippen molar-refractivity contribution in [2.45, 2.75) is 13.1 Å². The van der Waals surface area contributed by atoms with Gasteiger partial charge in [-0.3, -0.25) is 4.79 Å². The average Bonchev–Trinajstić information content (AvgIpc) is 3.04. The molecule has 0 bridgehead atoms. The maximum Gasteiger partial charge on any atom is 0.349 e. The van der Waals surface area contributed by atoms with E-state index in [0.717, 1.165) is 11.3 Å². The third kappa shape index (κ3) is 2.21. The zero-order valence-corrected chi connectivity index (χ0v) is 12.9. The molecule has 1 aromatic carbocycles. The molecule has 3 heterocycles. The Hall–Kier alpha value is -3.22. The van der Waals surface area contributed by atoms with Crippen molar-refractivity contribution >= 4 is 16.9 Å². The van der Waals surface area contributed by atoms with Crippen LogP contribution in [0.4, 0.5) is 0 Å². The van der Waals surface area contributed by atoms with E-state index in [-0.39, 0.29) is 11.5 Å². The molecule has 0 aliphatic carbocycles. The summed E-state index contributed by atoms with van der Waals surface area (Å²) in [5.41, 5.74) is 1.33. The first kappa shape index (κ1) is 14.4. The molecule has 24 heavy (non-hydrogen) atoms. The van der Waals surface area contributed by atoms with E-state index in [1.54, 1.807) is 35.4 Å². The van der Waals surface area contributed by atoms with Crippen molar-refractivity contribution in [2.24, 2.45) is 0 Å². The van der Waals surface area contributed by atoms with Gasteiger partial charge in [-0.2, -0.15) is 0 Å². The highest BCUT2D eigenvalue weighted by atomic mass is 16.5. The van der Waals surface area contributed by atoms with Gasteiger partial charge in [0.15, 0.2) is 11.3 Å². The summed E-state index contributed by atoms with van der Waals surface area (Å²) in [5, 5.41) is 0.633. The molecule has 7 heteroatoms. The van der Waals surface area contributed by atoms with Gasteiger partial charge in [0.25, 0.3) is 5.91 Å². The second kappa shape index (κ2) is 5.45. The zero-order valence-electron chi connectivity index (χ0n) is 12.9. The van der Waals surface area contributed by atoms with Gasteiger partial charge in [0.05, 0.1) is 19.3 Å². The molecule has 7 nitrogen and oxygen atoms in total. The highest BCUT2D eigenvalue weighted by Crippen LogP contribution is 2.26. The first-order valence-corrected chi connectivity index (χ1v) is 7.35. The minimum absolute atomic E-state index is 0.00322. The minimum Gasteiger partial charge on any atom is -0.493 e. The number of ether oxygens (including phenoxy) is 1. The van der Waals surface area contributed by atoms with E-state index in [0.29, 0.717) is 29.8 Å². The quantitative estimate of drug-likeness (QED) is 0.668. The molecule has 0 atom stereocenters. The van der Waals surface area contributed by atoms with Crippen molar-refractivity contribution in [1.82, 2.24) is 14.9 Å². The first-order chi connectivity index (χ1) is 11.7. The number of methoxy groups -OCH3 is 1. The van der Waals surface area contributed by atoms with E-state index in [1.807, 2.05) is 0 Å². The third-order valence-electron chi connectivity index (χ3n) is 4.04. The maximum absolute atomic E-state index is 12.7. The summed E-state index contributed by atoms with van der Waals surface area (Å²) < 4.78 is 10.5. The molecule has 3 aromatic rings. The minimum atomic E-state index is -0.681. The van der Waals surface area contributed by atoms with E-state index >= 15 is 0 Å². The molecule has 0 saturated carbocycles. The summed E-state index contributed by atoms with van der Waals surface area (Å²) in [6, 6.07) is 6.78. The van der Waals surface area contributed by atoms with Crippen LogP contribution in [0.25, 0.3) is 11.0 Å². The monoisotopic (exact) mass is 323 g/mol. The van der Waals surface area contributed by atoms with E-state index in [1.165, 1.54) is 13.4 Å². The summed E-state index contributed by atoms with van der Waals surface area (Å²) in [4.78, 5) is 34.7. The molecular weight excluding hydrogens is 310 g/mol. The Balaban J connectivity index is 1.73. The number of fused-ring (bicyclic) bond motifs is 2. The number of benzene rings is 1. The molecule has 1 aliphatic rings. The van der Waals surface area contributed by atoms with E-state index in [2.05, 4.69) is 9.97 Å². The predicted molar refractivity (Wildman–Crippen MR) is 84.6 cm³/mol. The van der Waals surface area contributed by atoms with Crippen molar-refractivity contribution in [2.75, 3.05) is 7.11 Å². The third-order valence-corrected chi connectivity index (χ3v) is 4.04. The molecule has 0 unspecified atom stereocenters. The second-order valence-corrected chi connectivity index (χ2v) is 5.48. The summed E-state index contributed by atoms with van der Waals surface area (Å²) >= 11 is 0. The molecule has 1 amide bonds. The molecule has 1 aliphatic heterocycles. The van der Waals surface area contributed by atoms with Crippen LogP contribution in [0.2, 0.25) is 0 Å². The number of carbonyl (C=O) groups is 1. The fraction of sp³-hybridized carbons (Fsp3) is 0.176. The predicted octanol–water partition coefficient (Wildman–Crippen LogP) is 1.75. The summed E-state index contributed by atoms with van der Waals surface area (Å²) in [7, 11) is 1.50. The number of aromatic nitrogens is 2. The van der Waals surface area contributed by atoms with Gasteiger partial charge in [-0.25, -0.2) is 14.8 Å². The Bertz CT molecular complexity index is 987. The largest absolute Gasteiger partial charge is 0.493 e. The van der Waals surface area contributed by atoms with Crippen LogP contribution in [-0.2, 0) is 13.1 Å². The molecule has 120 valence electrons. The Morgan fingerprint density at radius 3 is 3.00 bits per heavy atom. The number of para-hydroxylation sites is 1. The Morgan fingerprint density at radius 1 is 1.33 bits per heavy atom. The summed E-state index contributed by atoms with van der Waals surface area (Å²) in [6.45, 7) is 0.733. The molecule has 0 spiro atoms. The van der Waals surface area contributed by atoms with E-state index < -0.39 is 5.63 Å². The van der Waals surface area contributed by atoms with Crippen molar-refractivity contribution in [3.8, 4) is 5.75 Å². The Morgan fingerprint density at radius 2 is 2.21 bits per heavy atom. The van der Waals surface area contributed by atoms with Gasteiger partial charge in [0, 0.05) is 23.7 Å². The molecule has 0 saturated heterocycles. The van der Waals surface area contributed by atoms with Crippen LogP contribution >= 0.6 is 0 Å². The van der Waals surface area contributed by atoms with Gasteiger partial charge < -0.3 is 14.1 Å². The van der Waals surface area contributed by atoms with E-state index in [4.69, 9.17) is 9.15 Å². The lowest BCUT2D eigenvalue weighted by molar-refractivity contribution is 0.0746. The SMILES string of the molecule is COc1cccc2cc(C(=O)N3Cc4cncnc4C3)c(=O)oc12. The number of rotatable bonds is 2. The lowest BCUT2D eigenvalue weighted by Crippen LogP contribution is -2.29. The average molecular weight is 323 g/mol. The van der Waals surface area contributed by atoms with Crippen LogP contribution in [0.5, 0.6) is 5.75 Å². The molecule has 0 radical (unpaired) electrons. The van der Waals surface area contributed by atoms with Crippen molar-refractivity contribution < 1.29 is 13.9 Å². The van der Waals surface area contributed by atoms with Crippen LogP contribution < -0.4 is 10.4 Å². The molecular formula is C17H13N3O4. The van der Waals surface area contributed by atoms with Gasteiger partial charge in [-0.1, -0.05) is 12.1 Å². The second-order valence-electron chi connectivity index (χ2n) is 5.48. The summed E-state index contributed by atoms with van der Waals surface area (Å²) in [6.07, 6.45) is 3.13. The highest BCUT2D eigenvalue weighted by molar-refractivity contribution is 5.97. The number of nitrogens with zero attached hydrogens (tertiary/aromatic N) is 3. The molecule has 0 fully saturated rings. The number of amides is 1. The number of hydrogen-bond donors (Lipinski definition) is 0. The van der Waals surface area contributed by atoms with Gasteiger partial charge >= 0.3 is 5.63 Å². The van der Waals surface area contributed by atoms with E-state index in [9.17, 15) is 9.59 Å². The highest BCUT2D eigenvalue weighted by Gasteiger charge is 2.27. The van der Waals surface area contributed by atoms with Crippen LogP contribution in [-0.4, -0.2) is 27.9 Å². The Kier molecular flexibility index (Phi) is 3.26. The van der Waals surface area contributed by atoms with Crippen LogP contribution in [0.15, 0.2) is 46.0 Å². The topological polar surface area (TPSA) is 85.5 Å². The van der Waals surface area contributed by atoms with Crippen molar-refractivity contribution in [3.05, 3.63) is 64.0 Å². The van der Waals surface area contributed by atoms with Crippen molar-refractivity contribution in [1.29, 1.82) is 0 Å². The fourth-order valence-corrected chi connectivity index (χ4v) is 2.84. The lowest BCUT2D eigenvalue weighted by atomic mass is 10.1. The summed E-state index contributed by atoms with van der Waals surface area (Å²) in [5.74, 6) is 0.0684. The van der Waals surface area contributed by atoms with Gasteiger partial charge in [-0.05, 0) is 12.1 Å². The fourth-order valence-electron chi connectivity index (χ4n) is 2.84. The van der Waals surface area contributed by atoms with Gasteiger partial charge in [0.1, 0.15) is 11.9 Å². The molecule has 0 N–H and O–H groups in total. The number of carbonyl (C=O) groups excluding carboxylic acids is 1. The first-order valence-electron chi connectivity index (χ1n) is 7.35. The molecule has 4 rings (SSSR count). The molecule has 2 aromatic heterocycles. The van der Waals surface area contributed by atoms with Crippen LogP contribution in [0, 0.1) is 0 Å². The van der Waals surface area contributed by atoms with Crippen molar-refractivity contribution in [3.63, 3.8) is 0 Å². The van der Waals surface area contributed by atoms with Crippen LogP contribution in [0.3, 0.4) is 0 Å². The lowest BCUT2D eigenvalue weighted by Gasteiger charge is -2.14. The van der Waals surface area contributed by atoms with Crippen LogP contribution in [0.1, 0.15) is 21.6 Å².